The second-order valence-electron chi connectivity index (χ2n) is 6.66. The van der Waals surface area contributed by atoms with Gasteiger partial charge >= 0.3 is 5.97 Å². The Kier molecular flexibility index (Phi) is 3.50. The molecule has 1 aliphatic carbocycles. The summed E-state index contributed by atoms with van der Waals surface area (Å²) in [6, 6.07) is 15.5. The number of nitrogens with one attached hydrogen (secondary N) is 1. The van der Waals surface area contributed by atoms with Gasteiger partial charge < -0.3 is 10.4 Å². The highest BCUT2D eigenvalue weighted by Gasteiger charge is 2.40. The molecule has 0 aromatic heterocycles. The van der Waals surface area contributed by atoms with Gasteiger partial charge in [-0.15, -0.1) is 0 Å². The molecule has 2 aliphatic rings. The number of fused-ring (bicyclic) bond motifs is 3. The van der Waals surface area contributed by atoms with Crippen molar-refractivity contribution in [3.8, 4) is 6.07 Å². The molecule has 24 heavy (non-hydrogen) atoms. The molecule has 2 aromatic carbocycles. The Morgan fingerprint density at radius 3 is 2.67 bits per heavy atom. The Morgan fingerprint density at radius 2 is 1.96 bits per heavy atom. The van der Waals surface area contributed by atoms with Gasteiger partial charge in [0.2, 0.25) is 0 Å². The lowest BCUT2D eigenvalue weighted by Crippen LogP contribution is -2.28. The van der Waals surface area contributed by atoms with E-state index >= 15 is 0 Å². The van der Waals surface area contributed by atoms with E-state index in [-0.39, 0.29) is 6.04 Å². The molecule has 1 heterocycles. The van der Waals surface area contributed by atoms with Gasteiger partial charge in [0.15, 0.2) is 0 Å². The first-order valence-electron chi connectivity index (χ1n) is 8.31. The number of anilines is 1. The zero-order valence-corrected chi connectivity index (χ0v) is 13.2. The first-order chi connectivity index (χ1) is 11.7. The summed E-state index contributed by atoms with van der Waals surface area (Å²) in [5, 5.41) is 21.9. The van der Waals surface area contributed by atoms with E-state index in [1.54, 1.807) is 12.1 Å². The van der Waals surface area contributed by atoms with E-state index in [9.17, 15) is 4.79 Å². The third-order valence-electron chi connectivity index (χ3n) is 5.41. The normalized spacial score (nSPS) is 24.4. The van der Waals surface area contributed by atoms with Crippen molar-refractivity contribution in [1.82, 2.24) is 0 Å². The number of benzene rings is 2. The van der Waals surface area contributed by atoms with E-state index in [0.29, 0.717) is 23.0 Å². The lowest BCUT2D eigenvalue weighted by Gasteiger charge is -2.37. The van der Waals surface area contributed by atoms with Gasteiger partial charge in [0.05, 0.1) is 23.2 Å². The SMILES string of the molecule is N#Cc1ccc2c(c1)[C@@H]1CCC[C@@H]1[C@H](c1ccc(C(=O)O)cc1)N2. The summed E-state index contributed by atoms with van der Waals surface area (Å²) in [7, 11) is 0. The molecule has 1 fully saturated rings. The summed E-state index contributed by atoms with van der Waals surface area (Å²) >= 11 is 0. The molecule has 1 aliphatic heterocycles. The van der Waals surface area contributed by atoms with Crippen LogP contribution >= 0.6 is 0 Å². The predicted molar refractivity (Wildman–Crippen MR) is 91.0 cm³/mol. The molecule has 0 radical (unpaired) electrons. The third-order valence-corrected chi connectivity index (χ3v) is 5.41. The highest BCUT2D eigenvalue weighted by atomic mass is 16.4. The Bertz CT molecular complexity index is 836. The molecule has 0 bridgehead atoms. The van der Waals surface area contributed by atoms with Crippen molar-refractivity contribution < 1.29 is 9.90 Å². The fourth-order valence-electron chi connectivity index (χ4n) is 4.28. The van der Waals surface area contributed by atoms with Crippen LogP contribution in [0, 0.1) is 17.2 Å². The number of hydrogen-bond donors (Lipinski definition) is 2. The summed E-state index contributed by atoms with van der Waals surface area (Å²) in [6.45, 7) is 0. The molecule has 2 N–H and O–H groups in total. The van der Waals surface area contributed by atoms with Gasteiger partial charge in [-0.1, -0.05) is 18.6 Å². The molecule has 3 atom stereocenters. The molecule has 1 saturated carbocycles. The molecule has 120 valence electrons. The van der Waals surface area contributed by atoms with E-state index in [1.165, 1.54) is 12.0 Å². The maximum atomic E-state index is 11.1. The van der Waals surface area contributed by atoms with E-state index in [1.807, 2.05) is 30.3 Å². The number of rotatable bonds is 2. The molecular weight excluding hydrogens is 300 g/mol. The number of nitriles is 1. The number of aromatic carboxylic acids is 1. The largest absolute Gasteiger partial charge is 0.478 e. The van der Waals surface area contributed by atoms with Crippen molar-refractivity contribution >= 4 is 11.7 Å². The third kappa shape index (κ3) is 2.33. The van der Waals surface area contributed by atoms with Crippen LogP contribution in [-0.2, 0) is 0 Å². The minimum Gasteiger partial charge on any atom is -0.478 e. The van der Waals surface area contributed by atoms with Gasteiger partial charge in [-0.3, -0.25) is 0 Å². The highest BCUT2D eigenvalue weighted by molar-refractivity contribution is 5.87. The Hall–Kier alpha value is -2.80. The van der Waals surface area contributed by atoms with Crippen molar-refractivity contribution in [2.45, 2.75) is 31.2 Å². The van der Waals surface area contributed by atoms with E-state index < -0.39 is 5.97 Å². The van der Waals surface area contributed by atoms with Crippen LogP contribution in [0.1, 0.15) is 58.3 Å². The molecule has 0 spiro atoms. The van der Waals surface area contributed by atoms with Crippen LogP contribution in [0.5, 0.6) is 0 Å². The van der Waals surface area contributed by atoms with Gasteiger partial charge in [-0.2, -0.15) is 5.26 Å². The van der Waals surface area contributed by atoms with E-state index in [0.717, 1.165) is 24.1 Å². The average molecular weight is 318 g/mol. The summed E-state index contributed by atoms with van der Waals surface area (Å²) in [5.74, 6) is 0.0621. The first kappa shape index (κ1) is 14.8. The number of nitrogens with zero attached hydrogens (tertiary/aromatic N) is 1. The highest BCUT2D eigenvalue weighted by Crippen LogP contribution is 2.52. The van der Waals surface area contributed by atoms with Crippen LogP contribution in [0.4, 0.5) is 5.69 Å². The quantitative estimate of drug-likeness (QED) is 0.865. The van der Waals surface area contributed by atoms with E-state index in [4.69, 9.17) is 10.4 Å². The van der Waals surface area contributed by atoms with Crippen molar-refractivity contribution in [2.24, 2.45) is 5.92 Å². The second-order valence-corrected chi connectivity index (χ2v) is 6.66. The first-order valence-corrected chi connectivity index (χ1v) is 8.31. The number of carboxylic acids is 1. The molecule has 0 amide bonds. The van der Waals surface area contributed by atoms with Crippen molar-refractivity contribution in [2.75, 3.05) is 5.32 Å². The maximum Gasteiger partial charge on any atom is 0.335 e. The number of carbonyl (C=O) groups is 1. The summed E-state index contributed by atoms with van der Waals surface area (Å²) < 4.78 is 0. The fourth-order valence-corrected chi connectivity index (χ4v) is 4.28. The predicted octanol–water partition coefficient (Wildman–Crippen LogP) is 4.31. The zero-order chi connectivity index (χ0) is 16.7. The van der Waals surface area contributed by atoms with E-state index in [2.05, 4.69) is 11.4 Å². The number of hydrogen-bond acceptors (Lipinski definition) is 3. The molecule has 0 unspecified atom stereocenters. The maximum absolute atomic E-state index is 11.1. The molecule has 4 nitrogen and oxygen atoms in total. The van der Waals surface area contributed by atoms with Crippen LogP contribution in [0.3, 0.4) is 0 Å². The fraction of sp³-hybridized carbons (Fsp3) is 0.300. The van der Waals surface area contributed by atoms with Gasteiger partial charge in [0.25, 0.3) is 0 Å². The second kappa shape index (κ2) is 5.68. The Morgan fingerprint density at radius 1 is 1.17 bits per heavy atom. The van der Waals surface area contributed by atoms with Gasteiger partial charge in [0.1, 0.15) is 0 Å². The van der Waals surface area contributed by atoms with Crippen LogP contribution in [-0.4, -0.2) is 11.1 Å². The van der Waals surface area contributed by atoms with Gasteiger partial charge in [-0.25, -0.2) is 4.79 Å². The lowest BCUT2D eigenvalue weighted by molar-refractivity contribution is 0.0697. The molecule has 0 saturated heterocycles. The molecule has 2 aromatic rings. The minimum atomic E-state index is -0.897. The summed E-state index contributed by atoms with van der Waals surface area (Å²) in [5.41, 5.74) is 4.52. The molecule has 4 heteroatoms. The standard InChI is InChI=1S/C20H18N2O2/c21-11-12-4-9-18-17(10-12)15-2-1-3-16(15)19(22-18)13-5-7-14(8-6-13)20(23)24/h4-10,15-16,19,22H,1-3H2,(H,23,24)/t15-,16+,19+/m1/s1. The van der Waals surface area contributed by atoms with Crippen LogP contribution in [0.2, 0.25) is 0 Å². The van der Waals surface area contributed by atoms with Crippen molar-refractivity contribution in [1.29, 1.82) is 5.26 Å². The lowest BCUT2D eigenvalue weighted by atomic mass is 9.77. The monoisotopic (exact) mass is 318 g/mol. The van der Waals surface area contributed by atoms with Crippen molar-refractivity contribution in [3.63, 3.8) is 0 Å². The van der Waals surface area contributed by atoms with Gasteiger partial charge in [0, 0.05) is 5.69 Å². The van der Waals surface area contributed by atoms with Crippen LogP contribution in [0.25, 0.3) is 0 Å². The van der Waals surface area contributed by atoms with Crippen LogP contribution < -0.4 is 5.32 Å². The topological polar surface area (TPSA) is 73.1 Å². The number of carboxylic acid groups (broad SMARTS) is 1. The van der Waals surface area contributed by atoms with Crippen LogP contribution in [0.15, 0.2) is 42.5 Å². The summed E-state index contributed by atoms with van der Waals surface area (Å²) in [6.07, 6.45) is 3.49. The summed E-state index contributed by atoms with van der Waals surface area (Å²) in [4.78, 5) is 11.1. The molecule has 4 rings (SSSR count). The zero-order valence-electron chi connectivity index (χ0n) is 13.2. The Labute approximate surface area is 140 Å². The average Bonchev–Trinajstić information content (AvgIpc) is 3.10. The van der Waals surface area contributed by atoms with Crippen molar-refractivity contribution in [3.05, 3.63) is 64.7 Å². The van der Waals surface area contributed by atoms with Gasteiger partial charge in [-0.05, 0) is 66.1 Å². The Balaban J connectivity index is 1.72. The minimum absolute atomic E-state index is 0.195. The molecular formula is C20H18N2O2. The smallest absolute Gasteiger partial charge is 0.335 e.